The Hall–Kier alpha value is -10.9. The zero-order valence-electron chi connectivity index (χ0n) is 41.0. The van der Waals surface area contributed by atoms with Gasteiger partial charge in [0.2, 0.25) is 0 Å². The van der Waals surface area contributed by atoms with Gasteiger partial charge in [-0.05, 0) is 156 Å². The van der Waals surface area contributed by atoms with Crippen LogP contribution in [0, 0.1) is 34.0 Å². The van der Waals surface area contributed by atoms with Crippen molar-refractivity contribution in [2.24, 2.45) is 0 Å². The van der Waals surface area contributed by atoms with Gasteiger partial charge in [-0.25, -0.2) is 0 Å². The smallest absolute Gasteiger partial charge is 0.0991 e. The van der Waals surface area contributed by atoms with Crippen molar-refractivity contribution < 1.29 is 0 Å². The van der Waals surface area contributed by atoms with Crippen LogP contribution < -0.4 is 14.7 Å². The number of rotatable bonds is 10. The van der Waals surface area contributed by atoms with Crippen molar-refractivity contribution in [2.45, 2.75) is 0 Å². The maximum absolute atomic E-state index is 9.85. The molecular weight excluding hydrogens is 927 g/mol. The number of hydrogen-bond acceptors (Lipinski definition) is 6. The number of hydrogen-bond donors (Lipinski definition) is 0. The molecule has 354 valence electrons. The molecule has 0 bridgehead atoms. The van der Waals surface area contributed by atoms with Crippen LogP contribution in [-0.2, 0) is 0 Å². The van der Waals surface area contributed by atoms with E-state index in [-0.39, 0.29) is 0 Å². The minimum absolute atomic E-state index is 0.591. The molecule has 0 spiro atoms. The van der Waals surface area contributed by atoms with Gasteiger partial charge < -0.3 is 19.3 Å². The third-order valence-electron chi connectivity index (χ3n) is 14.4. The summed E-state index contributed by atoms with van der Waals surface area (Å²) in [5, 5.41) is 38.3. The van der Waals surface area contributed by atoms with Crippen LogP contribution in [0.1, 0.15) is 16.7 Å². The van der Waals surface area contributed by atoms with E-state index in [0.717, 1.165) is 111 Å². The van der Waals surface area contributed by atoms with Crippen LogP contribution in [0.5, 0.6) is 0 Å². The molecule has 76 heavy (non-hydrogen) atoms. The third-order valence-corrected chi connectivity index (χ3v) is 14.4. The molecule has 0 aliphatic rings. The molecule has 0 saturated heterocycles. The highest BCUT2D eigenvalue weighted by Crippen LogP contribution is 2.46. The molecule has 7 nitrogen and oxygen atoms in total. The zero-order valence-corrected chi connectivity index (χ0v) is 41.0. The average Bonchev–Trinajstić information content (AvgIpc) is 3.82. The lowest BCUT2D eigenvalue weighted by atomic mass is 10.0. The minimum Gasteiger partial charge on any atom is -0.310 e. The predicted molar refractivity (Wildman–Crippen MR) is 311 cm³/mol. The maximum atomic E-state index is 9.85. The van der Waals surface area contributed by atoms with E-state index in [1.54, 1.807) is 0 Å². The first-order chi connectivity index (χ1) is 37.5. The van der Waals surface area contributed by atoms with E-state index in [2.05, 4.69) is 226 Å². The van der Waals surface area contributed by atoms with Crippen LogP contribution in [0.4, 0.5) is 51.2 Å². The number of nitriles is 3. The molecule has 1 heterocycles. The Morgan fingerprint density at radius 2 is 0.553 bits per heavy atom. The molecule has 1 aromatic heterocycles. The van der Waals surface area contributed by atoms with Gasteiger partial charge in [-0.2, -0.15) is 15.8 Å². The number of anilines is 9. The van der Waals surface area contributed by atoms with Gasteiger partial charge in [0.15, 0.2) is 0 Å². The standard InChI is InChI=1S/C69H43N7/c70-44-47-22-28-53(29-23-47)73(65-19-7-13-50-10-1-4-16-60(50)65)56-34-36-57(37-35-56)76-68-42-58(74(54-30-24-48(45-71)25-31-54)66-20-8-14-51-11-2-5-17-61(51)66)38-40-63(68)64-41-39-59(43-69(64)76)75(55-32-26-49(46-72)27-33-55)67-21-9-15-52-12-3-6-18-62(52)67/h1-43H. The van der Waals surface area contributed by atoms with E-state index in [1.165, 1.54) is 0 Å². The summed E-state index contributed by atoms with van der Waals surface area (Å²) in [6.07, 6.45) is 0. The normalized spacial score (nSPS) is 11.1. The average molecular weight is 970 g/mol. The fourth-order valence-corrected chi connectivity index (χ4v) is 10.8. The summed E-state index contributed by atoms with van der Waals surface area (Å²) in [7, 11) is 0. The van der Waals surface area contributed by atoms with Crippen molar-refractivity contribution in [1.29, 1.82) is 15.8 Å². The number of nitrogens with zero attached hydrogens (tertiary/aromatic N) is 7. The summed E-state index contributed by atoms with van der Waals surface area (Å²) in [4.78, 5) is 6.83. The molecule has 0 unspecified atom stereocenters. The zero-order chi connectivity index (χ0) is 51.1. The van der Waals surface area contributed by atoms with E-state index in [1.807, 2.05) is 72.8 Å². The molecule has 0 fully saturated rings. The van der Waals surface area contributed by atoms with Gasteiger partial charge >= 0.3 is 0 Å². The molecule has 0 aliphatic carbocycles. The summed E-state index contributed by atoms with van der Waals surface area (Å²) >= 11 is 0. The van der Waals surface area contributed by atoms with Crippen molar-refractivity contribution in [3.05, 3.63) is 278 Å². The van der Waals surface area contributed by atoms with Crippen LogP contribution in [0.2, 0.25) is 0 Å². The third kappa shape index (κ3) is 7.84. The lowest BCUT2D eigenvalue weighted by molar-refractivity contribution is 1.17. The second-order valence-electron chi connectivity index (χ2n) is 18.7. The van der Waals surface area contributed by atoms with E-state index in [9.17, 15) is 15.8 Å². The summed E-state index contributed by atoms with van der Waals surface area (Å²) < 4.78 is 2.37. The fourth-order valence-electron chi connectivity index (χ4n) is 10.8. The Balaban J connectivity index is 1.06. The summed E-state index contributed by atoms with van der Waals surface area (Å²) in [5.41, 5.74) is 13.4. The largest absolute Gasteiger partial charge is 0.310 e. The first kappa shape index (κ1) is 45.0. The van der Waals surface area contributed by atoms with Gasteiger partial charge in [-0.3, -0.25) is 0 Å². The fraction of sp³-hybridized carbons (Fsp3) is 0. The monoisotopic (exact) mass is 969 g/mol. The molecule has 0 aliphatic heterocycles. The Morgan fingerprint density at radius 1 is 0.263 bits per heavy atom. The molecule has 0 saturated carbocycles. The van der Waals surface area contributed by atoms with Crippen LogP contribution in [-0.4, -0.2) is 4.57 Å². The van der Waals surface area contributed by atoms with Gasteiger partial charge in [0.25, 0.3) is 0 Å². The molecule has 0 atom stereocenters. The van der Waals surface area contributed by atoms with Crippen molar-refractivity contribution >= 4 is 105 Å². The number of fused-ring (bicyclic) bond motifs is 6. The Kier molecular flexibility index (Phi) is 11.2. The lowest BCUT2D eigenvalue weighted by Crippen LogP contribution is -2.11. The number of aromatic nitrogens is 1. The number of benzene rings is 12. The van der Waals surface area contributed by atoms with E-state index < -0.39 is 0 Å². The maximum Gasteiger partial charge on any atom is 0.0991 e. The van der Waals surface area contributed by atoms with Gasteiger partial charge in [-0.1, -0.05) is 121 Å². The highest BCUT2D eigenvalue weighted by molar-refractivity contribution is 6.12. The second-order valence-corrected chi connectivity index (χ2v) is 18.7. The van der Waals surface area contributed by atoms with Crippen molar-refractivity contribution in [3.8, 4) is 23.9 Å². The second kappa shape index (κ2) is 18.9. The lowest BCUT2D eigenvalue weighted by Gasteiger charge is -2.28. The van der Waals surface area contributed by atoms with Crippen LogP contribution in [0.25, 0.3) is 59.8 Å². The SMILES string of the molecule is N#Cc1ccc(N(c2ccc(-n3c4cc(N(c5ccc(C#N)cc5)c5cccc6ccccc56)ccc4c4ccc(N(c5ccc(C#N)cc5)c5cccc6ccccc56)cc43)cc2)c2cccc3ccccc23)cc1. The molecule has 12 aromatic carbocycles. The van der Waals surface area contributed by atoms with Gasteiger partial charge in [0, 0.05) is 66.7 Å². The van der Waals surface area contributed by atoms with E-state index in [0.29, 0.717) is 16.7 Å². The van der Waals surface area contributed by atoms with Gasteiger partial charge in [-0.15, -0.1) is 0 Å². The topological polar surface area (TPSA) is 86.0 Å². The molecule has 0 amide bonds. The Morgan fingerprint density at radius 3 is 0.895 bits per heavy atom. The summed E-state index contributed by atoms with van der Waals surface area (Å²) in [6, 6.07) is 96.9. The van der Waals surface area contributed by atoms with Crippen LogP contribution in [0.15, 0.2) is 261 Å². The first-order valence-corrected chi connectivity index (χ1v) is 25.1. The van der Waals surface area contributed by atoms with Crippen molar-refractivity contribution in [3.63, 3.8) is 0 Å². The quantitative estimate of drug-likeness (QED) is 0.136. The van der Waals surface area contributed by atoms with Crippen molar-refractivity contribution in [1.82, 2.24) is 4.57 Å². The van der Waals surface area contributed by atoms with Crippen LogP contribution >= 0.6 is 0 Å². The van der Waals surface area contributed by atoms with E-state index in [4.69, 9.17) is 0 Å². The minimum atomic E-state index is 0.591. The first-order valence-electron chi connectivity index (χ1n) is 25.1. The van der Waals surface area contributed by atoms with Crippen LogP contribution in [0.3, 0.4) is 0 Å². The highest BCUT2D eigenvalue weighted by atomic mass is 15.2. The Labute approximate surface area is 439 Å². The molecule has 0 N–H and O–H groups in total. The summed E-state index contributed by atoms with van der Waals surface area (Å²) in [6.45, 7) is 0. The van der Waals surface area contributed by atoms with Gasteiger partial charge in [0.05, 0.1) is 63.0 Å². The highest BCUT2D eigenvalue weighted by Gasteiger charge is 2.23. The Bertz CT molecular complexity index is 4290. The predicted octanol–water partition coefficient (Wildman–Crippen LogP) is 18.3. The molecule has 0 radical (unpaired) electrons. The molecule has 7 heteroatoms. The molecule has 13 rings (SSSR count). The van der Waals surface area contributed by atoms with Crippen molar-refractivity contribution in [2.75, 3.05) is 14.7 Å². The molecule has 13 aromatic rings. The van der Waals surface area contributed by atoms with Gasteiger partial charge in [0.1, 0.15) is 0 Å². The van der Waals surface area contributed by atoms with E-state index >= 15 is 0 Å². The molecular formula is C69H43N7. The summed E-state index contributed by atoms with van der Waals surface area (Å²) in [5.74, 6) is 0.